The van der Waals surface area contributed by atoms with Gasteiger partial charge in [-0.3, -0.25) is 19.9 Å². The molecule has 0 spiro atoms. The van der Waals surface area contributed by atoms with Gasteiger partial charge in [0.1, 0.15) is 6.04 Å². The second-order valence-electron chi connectivity index (χ2n) is 3.83. The molecule has 1 atom stereocenters. The quantitative estimate of drug-likeness (QED) is 0.830. The second-order valence-corrected chi connectivity index (χ2v) is 4.74. The summed E-state index contributed by atoms with van der Waals surface area (Å²) in [6, 6.07) is 1.53. The Morgan fingerprint density at radius 1 is 1.53 bits per heavy atom. The van der Waals surface area contributed by atoms with E-state index in [1.165, 1.54) is 0 Å². The van der Waals surface area contributed by atoms with Gasteiger partial charge in [0.15, 0.2) is 0 Å². The Kier molecular flexibility index (Phi) is 3.42. The summed E-state index contributed by atoms with van der Waals surface area (Å²) in [6.07, 6.45) is 3.96. The number of amides is 2. The van der Waals surface area contributed by atoms with Crippen LogP contribution in [0.15, 0.2) is 22.9 Å². The fourth-order valence-electron chi connectivity index (χ4n) is 1.90. The molecule has 0 saturated carbocycles. The lowest BCUT2D eigenvalue weighted by Crippen LogP contribution is -2.58. The number of hydrogen-bond acceptors (Lipinski definition) is 4. The molecule has 2 heterocycles. The van der Waals surface area contributed by atoms with E-state index in [2.05, 4.69) is 26.2 Å². The van der Waals surface area contributed by atoms with E-state index in [0.29, 0.717) is 6.42 Å². The van der Waals surface area contributed by atoms with E-state index in [-0.39, 0.29) is 24.4 Å². The van der Waals surface area contributed by atoms with E-state index in [0.717, 1.165) is 10.2 Å². The van der Waals surface area contributed by atoms with Gasteiger partial charge in [-0.2, -0.15) is 0 Å². The lowest BCUT2D eigenvalue weighted by molar-refractivity contribution is -0.132. The summed E-state index contributed by atoms with van der Waals surface area (Å²) in [5.41, 5.74) is 0.773. The van der Waals surface area contributed by atoms with Crippen LogP contribution in [0.3, 0.4) is 0 Å². The molecule has 1 unspecified atom stereocenters. The molecule has 5 nitrogen and oxygen atoms in total. The summed E-state index contributed by atoms with van der Waals surface area (Å²) in [6.45, 7) is 2.10. The molecule has 6 heteroatoms. The molecule has 1 aromatic heterocycles. The zero-order valence-corrected chi connectivity index (χ0v) is 10.9. The number of nitrogens with one attached hydrogen (secondary N) is 1. The lowest BCUT2D eigenvalue weighted by Gasteiger charge is -2.34. The van der Waals surface area contributed by atoms with Gasteiger partial charge in [0.05, 0.1) is 18.4 Å². The molecule has 1 N–H and O–H groups in total. The standard InChI is InChI=1S/C11H12BrN3O2/c1-2-9-11(17)14-10(16)6-15(9)8-3-7(12)4-13-5-8/h3-5,9H,2,6H2,1H3,(H,14,16,17). The molecule has 1 aliphatic heterocycles. The van der Waals surface area contributed by atoms with E-state index in [9.17, 15) is 9.59 Å². The van der Waals surface area contributed by atoms with E-state index in [1.54, 1.807) is 17.3 Å². The molecule has 1 aliphatic rings. The van der Waals surface area contributed by atoms with E-state index in [1.807, 2.05) is 13.0 Å². The minimum atomic E-state index is -0.316. The fourth-order valence-corrected chi connectivity index (χ4v) is 2.25. The predicted molar refractivity (Wildman–Crippen MR) is 66.5 cm³/mol. The Hall–Kier alpha value is -1.43. The van der Waals surface area contributed by atoms with Crippen LogP contribution in [0.4, 0.5) is 5.69 Å². The van der Waals surface area contributed by atoms with E-state index in [4.69, 9.17) is 0 Å². The molecular formula is C11H12BrN3O2. The molecule has 0 aliphatic carbocycles. The van der Waals surface area contributed by atoms with Crippen molar-refractivity contribution >= 4 is 33.4 Å². The molecule has 1 saturated heterocycles. The first-order valence-electron chi connectivity index (χ1n) is 5.32. The minimum absolute atomic E-state index is 0.183. The van der Waals surface area contributed by atoms with Crippen molar-refractivity contribution in [1.82, 2.24) is 10.3 Å². The lowest BCUT2D eigenvalue weighted by atomic mass is 10.1. The highest BCUT2D eigenvalue weighted by Crippen LogP contribution is 2.22. The third-order valence-electron chi connectivity index (χ3n) is 2.66. The fraction of sp³-hybridized carbons (Fsp3) is 0.364. The van der Waals surface area contributed by atoms with Crippen LogP contribution >= 0.6 is 15.9 Å². The van der Waals surface area contributed by atoms with Crippen LogP contribution in [0.5, 0.6) is 0 Å². The molecule has 90 valence electrons. The molecule has 0 radical (unpaired) electrons. The number of carbonyl (C=O) groups excluding carboxylic acids is 2. The van der Waals surface area contributed by atoms with Gasteiger partial charge >= 0.3 is 0 Å². The molecule has 2 amide bonds. The van der Waals surface area contributed by atoms with Crippen LogP contribution in [0, 0.1) is 0 Å². The highest BCUT2D eigenvalue weighted by molar-refractivity contribution is 9.10. The van der Waals surface area contributed by atoms with Crippen LogP contribution in [0.25, 0.3) is 0 Å². The average Bonchev–Trinajstić information content (AvgIpc) is 2.28. The summed E-state index contributed by atoms with van der Waals surface area (Å²) in [7, 11) is 0. The van der Waals surface area contributed by atoms with Crippen molar-refractivity contribution in [2.45, 2.75) is 19.4 Å². The molecule has 17 heavy (non-hydrogen) atoms. The van der Waals surface area contributed by atoms with Crippen LogP contribution < -0.4 is 10.2 Å². The molecule has 2 rings (SSSR count). The summed E-state index contributed by atoms with van der Waals surface area (Å²) in [5.74, 6) is -0.525. The average molecular weight is 298 g/mol. The maximum atomic E-state index is 11.7. The largest absolute Gasteiger partial charge is 0.349 e. The predicted octanol–water partition coefficient (Wildman–Crippen LogP) is 1.09. The third kappa shape index (κ3) is 2.46. The highest BCUT2D eigenvalue weighted by atomic mass is 79.9. The number of halogens is 1. The third-order valence-corrected chi connectivity index (χ3v) is 3.10. The van der Waals surface area contributed by atoms with Crippen LogP contribution in [0.2, 0.25) is 0 Å². The number of rotatable bonds is 2. The van der Waals surface area contributed by atoms with Crippen molar-refractivity contribution < 1.29 is 9.59 Å². The maximum absolute atomic E-state index is 11.7. The van der Waals surface area contributed by atoms with Crippen molar-refractivity contribution in [3.63, 3.8) is 0 Å². The molecule has 0 bridgehead atoms. The Bertz CT molecular complexity index is 464. The van der Waals surface area contributed by atoms with Gasteiger partial charge in [-0.15, -0.1) is 0 Å². The second kappa shape index (κ2) is 4.83. The van der Waals surface area contributed by atoms with Gasteiger partial charge in [0, 0.05) is 10.7 Å². The van der Waals surface area contributed by atoms with Gasteiger partial charge in [-0.25, -0.2) is 0 Å². The van der Waals surface area contributed by atoms with E-state index < -0.39 is 0 Å². The number of carbonyl (C=O) groups is 2. The topological polar surface area (TPSA) is 62.3 Å². The summed E-state index contributed by atoms with van der Waals surface area (Å²) >= 11 is 3.33. The number of pyridine rings is 1. The minimum Gasteiger partial charge on any atom is -0.349 e. The maximum Gasteiger partial charge on any atom is 0.249 e. The number of piperazine rings is 1. The van der Waals surface area contributed by atoms with Crippen molar-refractivity contribution in [3.05, 3.63) is 22.9 Å². The van der Waals surface area contributed by atoms with E-state index >= 15 is 0 Å². The van der Waals surface area contributed by atoms with Crippen molar-refractivity contribution in [2.24, 2.45) is 0 Å². The van der Waals surface area contributed by atoms with Crippen molar-refractivity contribution in [2.75, 3.05) is 11.4 Å². The number of imide groups is 1. The van der Waals surface area contributed by atoms with Crippen LogP contribution in [-0.4, -0.2) is 29.4 Å². The Balaban J connectivity index is 2.34. The van der Waals surface area contributed by atoms with Gasteiger partial charge in [0.25, 0.3) is 0 Å². The van der Waals surface area contributed by atoms with Gasteiger partial charge < -0.3 is 4.90 Å². The summed E-state index contributed by atoms with van der Waals surface area (Å²) < 4.78 is 0.822. The zero-order chi connectivity index (χ0) is 12.4. The summed E-state index contributed by atoms with van der Waals surface area (Å²) in [4.78, 5) is 28.9. The SMILES string of the molecule is CCC1C(=O)NC(=O)CN1c1cncc(Br)c1. The smallest absolute Gasteiger partial charge is 0.249 e. The normalized spacial score (nSPS) is 20.4. The molecule has 0 aromatic carbocycles. The highest BCUT2D eigenvalue weighted by Gasteiger charge is 2.32. The molecule has 1 aromatic rings. The first-order valence-corrected chi connectivity index (χ1v) is 6.12. The zero-order valence-electron chi connectivity index (χ0n) is 9.31. The van der Waals surface area contributed by atoms with Crippen LogP contribution in [-0.2, 0) is 9.59 Å². The van der Waals surface area contributed by atoms with Gasteiger partial charge in [-0.05, 0) is 28.4 Å². The molecule has 1 fully saturated rings. The van der Waals surface area contributed by atoms with Crippen molar-refractivity contribution in [3.8, 4) is 0 Å². The van der Waals surface area contributed by atoms with Crippen molar-refractivity contribution in [1.29, 1.82) is 0 Å². The first kappa shape index (κ1) is 12.0. The molecular weight excluding hydrogens is 286 g/mol. The van der Waals surface area contributed by atoms with Gasteiger partial charge in [0.2, 0.25) is 11.8 Å². The Morgan fingerprint density at radius 3 is 2.94 bits per heavy atom. The number of aromatic nitrogens is 1. The Morgan fingerprint density at radius 2 is 2.29 bits per heavy atom. The number of anilines is 1. The Labute approximate surface area is 107 Å². The summed E-state index contributed by atoms with van der Waals surface area (Å²) in [5, 5.41) is 2.34. The number of hydrogen-bond donors (Lipinski definition) is 1. The monoisotopic (exact) mass is 297 g/mol. The number of nitrogens with zero attached hydrogens (tertiary/aromatic N) is 2. The first-order chi connectivity index (χ1) is 8.11. The van der Waals surface area contributed by atoms with Crippen LogP contribution in [0.1, 0.15) is 13.3 Å². The van der Waals surface area contributed by atoms with Gasteiger partial charge in [-0.1, -0.05) is 6.92 Å².